The molecule has 0 bridgehead atoms. The van der Waals surface area contributed by atoms with Gasteiger partial charge in [-0.05, 0) is 45.0 Å². The summed E-state index contributed by atoms with van der Waals surface area (Å²) in [6.45, 7) is 5.71. The summed E-state index contributed by atoms with van der Waals surface area (Å²) in [6.07, 6.45) is 1.08. The molecular weight excluding hydrogens is 410 g/mol. The third-order valence-corrected chi connectivity index (χ3v) is 4.81. The summed E-state index contributed by atoms with van der Waals surface area (Å²) in [6, 6.07) is 13.0. The van der Waals surface area contributed by atoms with Crippen molar-refractivity contribution in [3.8, 4) is 11.5 Å². The van der Waals surface area contributed by atoms with Gasteiger partial charge in [0.25, 0.3) is 0 Å². The monoisotopic (exact) mass is 431 g/mol. The number of benzene rings is 1. The minimum absolute atomic E-state index is 0.0696. The Hall–Kier alpha value is -4.21. The van der Waals surface area contributed by atoms with Crippen LogP contribution in [0.4, 0.5) is 10.7 Å². The van der Waals surface area contributed by atoms with Crippen LogP contribution in [0.1, 0.15) is 26.5 Å². The minimum Gasteiger partial charge on any atom is -0.463 e. The third kappa shape index (κ3) is 3.45. The summed E-state index contributed by atoms with van der Waals surface area (Å²) >= 11 is 0. The second-order valence-corrected chi connectivity index (χ2v) is 8.34. The van der Waals surface area contributed by atoms with Gasteiger partial charge in [-0.2, -0.15) is 4.98 Å². The molecule has 0 aliphatic heterocycles. The van der Waals surface area contributed by atoms with Crippen LogP contribution in [-0.4, -0.2) is 41.2 Å². The van der Waals surface area contributed by atoms with Gasteiger partial charge in [0, 0.05) is 5.39 Å². The zero-order valence-corrected chi connectivity index (χ0v) is 17.8. The van der Waals surface area contributed by atoms with Crippen molar-refractivity contribution in [3.63, 3.8) is 0 Å². The van der Waals surface area contributed by atoms with Gasteiger partial charge in [0.15, 0.2) is 16.9 Å². The highest BCUT2D eigenvalue weighted by Crippen LogP contribution is 2.27. The second kappa shape index (κ2) is 7.19. The van der Waals surface area contributed by atoms with Crippen molar-refractivity contribution in [2.75, 3.05) is 5.73 Å². The van der Waals surface area contributed by atoms with Crippen LogP contribution in [0.2, 0.25) is 0 Å². The Morgan fingerprint density at radius 2 is 1.97 bits per heavy atom. The molecule has 1 aromatic carbocycles. The summed E-state index contributed by atoms with van der Waals surface area (Å²) in [5.41, 5.74) is 8.06. The van der Waals surface area contributed by atoms with Crippen LogP contribution in [-0.2, 0) is 11.3 Å². The standard InChI is InChI=1S/C22H21N7O3/c1-22(2,3)32-21(30)29-14(11-13-7-4-5-8-15(13)29)12-28-19-18(26-27-28)17(24-20(23)25-19)16-9-6-10-31-16/h4-11H,12H2,1-3H3,(H2,23,24,25). The maximum atomic E-state index is 13.0. The molecule has 0 amide bonds. The van der Waals surface area contributed by atoms with Crippen molar-refractivity contribution >= 4 is 34.1 Å². The number of nitrogen functional groups attached to an aromatic ring is 1. The molecule has 32 heavy (non-hydrogen) atoms. The zero-order valence-electron chi connectivity index (χ0n) is 17.8. The molecule has 0 aliphatic rings. The highest BCUT2D eigenvalue weighted by Gasteiger charge is 2.24. The molecular formula is C22H21N7O3. The molecule has 10 heteroatoms. The Balaban J connectivity index is 1.63. The number of carbonyl (C=O) groups excluding carboxylic acids is 1. The summed E-state index contributed by atoms with van der Waals surface area (Å²) < 4.78 is 14.2. The molecule has 5 rings (SSSR count). The van der Waals surface area contributed by atoms with Gasteiger partial charge in [-0.25, -0.2) is 19.0 Å². The average Bonchev–Trinajstić information content (AvgIpc) is 3.45. The van der Waals surface area contributed by atoms with Gasteiger partial charge in [0.2, 0.25) is 5.95 Å². The third-order valence-electron chi connectivity index (χ3n) is 4.81. The maximum Gasteiger partial charge on any atom is 0.419 e. The van der Waals surface area contributed by atoms with E-state index in [1.807, 2.05) is 51.1 Å². The Labute approximate surface area is 182 Å². The molecule has 0 spiro atoms. The van der Waals surface area contributed by atoms with Gasteiger partial charge < -0.3 is 14.9 Å². The van der Waals surface area contributed by atoms with Crippen molar-refractivity contribution in [1.29, 1.82) is 0 Å². The van der Waals surface area contributed by atoms with Crippen LogP contribution < -0.4 is 5.73 Å². The van der Waals surface area contributed by atoms with Crippen molar-refractivity contribution in [3.05, 3.63) is 54.4 Å². The number of nitrogens with two attached hydrogens (primary N) is 1. The lowest BCUT2D eigenvalue weighted by Gasteiger charge is -2.21. The van der Waals surface area contributed by atoms with Crippen molar-refractivity contribution < 1.29 is 13.9 Å². The molecule has 0 aliphatic carbocycles. The molecule has 0 atom stereocenters. The normalized spacial score (nSPS) is 12.0. The Morgan fingerprint density at radius 3 is 2.72 bits per heavy atom. The van der Waals surface area contributed by atoms with Gasteiger partial charge >= 0.3 is 6.09 Å². The van der Waals surface area contributed by atoms with E-state index in [0.29, 0.717) is 28.3 Å². The summed E-state index contributed by atoms with van der Waals surface area (Å²) in [4.78, 5) is 21.6. The fraction of sp³-hybridized carbons (Fsp3) is 0.227. The number of fused-ring (bicyclic) bond motifs is 2. The summed E-state index contributed by atoms with van der Waals surface area (Å²) in [7, 11) is 0. The van der Waals surface area contributed by atoms with Gasteiger partial charge in [-0.15, -0.1) is 5.10 Å². The number of furan rings is 1. The van der Waals surface area contributed by atoms with Crippen molar-refractivity contribution in [1.82, 2.24) is 29.5 Å². The van der Waals surface area contributed by atoms with Crippen LogP contribution in [0.15, 0.2) is 53.1 Å². The van der Waals surface area contributed by atoms with Gasteiger partial charge in [0.1, 0.15) is 11.3 Å². The average molecular weight is 431 g/mol. The molecule has 4 heterocycles. The van der Waals surface area contributed by atoms with Crippen molar-refractivity contribution in [2.24, 2.45) is 0 Å². The zero-order chi connectivity index (χ0) is 22.5. The number of aromatic nitrogens is 6. The van der Waals surface area contributed by atoms with E-state index in [2.05, 4.69) is 20.3 Å². The van der Waals surface area contributed by atoms with E-state index in [4.69, 9.17) is 14.9 Å². The first-order chi connectivity index (χ1) is 15.3. The number of hydrogen-bond acceptors (Lipinski definition) is 8. The molecule has 2 N–H and O–H groups in total. The van der Waals surface area contributed by atoms with E-state index in [-0.39, 0.29) is 12.5 Å². The highest BCUT2D eigenvalue weighted by molar-refractivity contribution is 5.91. The number of rotatable bonds is 3. The number of carbonyl (C=O) groups is 1. The minimum atomic E-state index is -0.640. The Kier molecular flexibility index (Phi) is 4.43. The highest BCUT2D eigenvalue weighted by atomic mass is 16.6. The number of hydrogen-bond donors (Lipinski definition) is 1. The van der Waals surface area contributed by atoms with Crippen LogP contribution in [0.5, 0.6) is 0 Å². The van der Waals surface area contributed by atoms with Crippen LogP contribution >= 0.6 is 0 Å². The lowest BCUT2D eigenvalue weighted by molar-refractivity contribution is 0.0540. The van der Waals surface area contributed by atoms with E-state index >= 15 is 0 Å². The first-order valence-corrected chi connectivity index (χ1v) is 10.0. The van der Waals surface area contributed by atoms with E-state index in [9.17, 15) is 4.79 Å². The molecule has 10 nitrogen and oxygen atoms in total. The van der Waals surface area contributed by atoms with Crippen LogP contribution in [0.3, 0.4) is 0 Å². The van der Waals surface area contributed by atoms with E-state index in [1.165, 1.54) is 0 Å². The topological polar surface area (TPSA) is 127 Å². The molecule has 0 radical (unpaired) electrons. The fourth-order valence-electron chi connectivity index (χ4n) is 3.57. The first kappa shape index (κ1) is 19.7. The molecule has 162 valence electrons. The fourth-order valence-corrected chi connectivity index (χ4v) is 3.57. The number of anilines is 1. The first-order valence-electron chi connectivity index (χ1n) is 10.0. The number of para-hydroxylation sites is 1. The quantitative estimate of drug-likeness (QED) is 0.456. The van der Waals surface area contributed by atoms with E-state index < -0.39 is 11.7 Å². The molecule has 0 saturated carbocycles. The van der Waals surface area contributed by atoms with Gasteiger partial charge in [-0.1, -0.05) is 23.4 Å². The van der Waals surface area contributed by atoms with E-state index in [0.717, 1.165) is 10.9 Å². The molecule has 0 unspecified atom stereocenters. The summed E-state index contributed by atoms with van der Waals surface area (Å²) in [5, 5.41) is 9.40. The maximum absolute atomic E-state index is 13.0. The predicted octanol–water partition coefficient (Wildman–Crippen LogP) is 3.85. The molecule has 0 saturated heterocycles. The smallest absolute Gasteiger partial charge is 0.419 e. The van der Waals surface area contributed by atoms with Crippen LogP contribution in [0, 0.1) is 0 Å². The Morgan fingerprint density at radius 1 is 1.16 bits per heavy atom. The predicted molar refractivity (Wildman–Crippen MR) is 118 cm³/mol. The van der Waals surface area contributed by atoms with Gasteiger partial charge in [-0.3, -0.25) is 0 Å². The van der Waals surface area contributed by atoms with Crippen molar-refractivity contribution in [2.45, 2.75) is 32.9 Å². The molecule has 0 fully saturated rings. The lowest BCUT2D eigenvalue weighted by Crippen LogP contribution is -2.28. The lowest BCUT2D eigenvalue weighted by atomic mass is 10.2. The second-order valence-electron chi connectivity index (χ2n) is 8.34. The largest absolute Gasteiger partial charge is 0.463 e. The SMILES string of the molecule is CC(C)(C)OC(=O)n1c(Cn2nnc3c(-c4ccco4)nc(N)nc32)cc2ccccc21. The molecule has 4 aromatic heterocycles. The Bertz CT molecular complexity index is 1440. The summed E-state index contributed by atoms with van der Waals surface area (Å²) in [5.74, 6) is 0.583. The van der Waals surface area contributed by atoms with E-state index in [1.54, 1.807) is 27.6 Å². The molecule has 5 aromatic rings. The van der Waals surface area contributed by atoms with Crippen LogP contribution in [0.25, 0.3) is 33.5 Å². The number of nitrogens with zero attached hydrogens (tertiary/aromatic N) is 6. The number of ether oxygens (including phenoxy) is 1. The van der Waals surface area contributed by atoms with Gasteiger partial charge in [0.05, 0.1) is 24.0 Å².